The smallest absolute Gasteiger partial charge is 0.272 e. The van der Waals surface area contributed by atoms with Crippen molar-refractivity contribution in [2.45, 2.75) is 19.4 Å². The lowest BCUT2D eigenvalue weighted by atomic mass is 10.0. The van der Waals surface area contributed by atoms with Crippen LogP contribution in [0.3, 0.4) is 0 Å². The van der Waals surface area contributed by atoms with E-state index in [1.54, 1.807) is 0 Å². The zero-order valence-corrected chi connectivity index (χ0v) is 15.6. The van der Waals surface area contributed by atoms with Crippen LogP contribution in [0.4, 0.5) is 4.39 Å². The van der Waals surface area contributed by atoms with Crippen molar-refractivity contribution in [1.29, 1.82) is 0 Å². The predicted octanol–water partition coefficient (Wildman–Crippen LogP) is 3.65. The minimum Gasteiger partial charge on any atom is -0.347 e. The Balaban J connectivity index is 1.26. The van der Waals surface area contributed by atoms with Crippen LogP contribution in [0, 0.1) is 5.82 Å². The van der Waals surface area contributed by atoms with Crippen LogP contribution in [0.1, 0.15) is 28.9 Å². The highest BCUT2D eigenvalue weighted by molar-refractivity contribution is 6.04. The summed E-state index contributed by atoms with van der Waals surface area (Å²) in [5.74, 6) is -0.361. The Bertz CT molecular complexity index is 983. The molecular formula is C22H23FN4O. The van der Waals surface area contributed by atoms with Crippen molar-refractivity contribution in [2.24, 2.45) is 0 Å². The summed E-state index contributed by atoms with van der Waals surface area (Å²) >= 11 is 0. The SMILES string of the molecule is O=C(NCC=C1CCN(Cc2ccc(F)cc2)CC1)c1n[nH]c2ccccc12. The molecule has 1 aliphatic heterocycles. The Morgan fingerprint density at radius 2 is 1.89 bits per heavy atom. The van der Waals surface area contributed by atoms with E-state index >= 15 is 0 Å². The van der Waals surface area contributed by atoms with Gasteiger partial charge in [-0.1, -0.05) is 42.0 Å². The number of rotatable bonds is 5. The van der Waals surface area contributed by atoms with Gasteiger partial charge in [-0.05, 0) is 36.6 Å². The molecule has 2 N–H and O–H groups in total. The summed E-state index contributed by atoms with van der Waals surface area (Å²) in [6.07, 6.45) is 4.09. The highest BCUT2D eigenvalue weighted by Gasteiger charge is 2.15. The van der Waals surface area contributed by atoms with Gasteiger partial charge in [-0.3, -0.25) is 14.8 Å². The third-order valence-corrected chi connectivity index (χ3v) is 5.16. The van der Waals surface area contributed by atoms with Gasteiger partial charge in [0, 0.05) is 31.6 Å². The number of hydrogen-bond donors (Lipinski definition) is 2. The van der Waals surface area contributed by atoms with E-state index in [1.165, 1.54) is 17.7 Å². The van der Waals surface area contributed by atoms with Crippen molar-refractivity contribution in [3.63, 3.8) is 0 Å². The van der Waals surface area contributed by atoms with Crippen molar-refractivity contribution in [1.82, 2.24) is 20.4 Å². The van der Waals surface area contributed by atoms with Crippen LogP contribution in [0.15, 0.2) is 60.2 Å². The Hall–Kier alpha value is -2.99. The second-order valence-corrected chi connectivity index (χ2v) is 7.09. The molecule has 1 saturated heterocycles. The van der Waals surface area contributed by atoms with E-state index in [0.29, 0.717) is 12.2 Å². The molecule has 1 fully saturated rings. The minimum absolute atomic E-state index is 0.164. The zero-order chi connectivity index (χ0) is 19.3. The van der Waals surface area contributed by atoms with Crippen molar-refractivity contribution in [3.05, 3.63) is 77.3 Å². The maximum atomic E-state index is 13.0. The number of amides is 1. The summed E-state index contributed by atoms with van der Waals surface area (Å²) in [5, 5.41) is 10.8. The van der Waals surface area contributed by atoms with Gasteiger partial charge in [0.2, 0.25) is 0 Å². The molecule has 2 aromatic carbocycles. The van der Waals surface area contributed by atoms with Crippen LogP contribution in [-0.4, -0.2) is 40.6 Å². The predicted molar refractivity (Wildman–Crippen MR) is 107 cm³/mol. The van der Waals surface area contributed by atoms with E-state index in [2.05, 4.69) is 26.5 Å². The van der Waals surface area contributed by atoms with Crippen molar-refractivity contribution in [2.75, 3.05) is 19.6 Å². The number of carbonyl (C=O) groups excluding carboxylic acids is 1. The molecule has 2 heterocycles. The summed E-state index contributed by atoms with van der Waals surface area (Å²) in [6, 6.07) is 14.3. The summed E-state index contributed by atoms with van der Waals surface area (Å²) < 4.78 is 13.0. The zero-order valence-electron chi connectivity index (χ0n) is 15.6. The third-order valence-electron chi connectivity index (χ3n) is 5.16. The number of aromatic amines is 1. The molecule has 0 bridgehead atoms. The first kappa shape index (κ1) is 18.4. The first-order valence-electron chi connectivity index (χ1n) is 9.55. The topological polar surface area (TPSA) is 61.0 Å². The van der Waals surface area contributed by atoms with Gasteiger partial charge < -0.3 is 5.32 Å². The molecule has 6 heteroatoms. The number of aromatic nitrogens is 2. The largest absolute Gasteiger partial charge is 0.347 e. The maximum absolute atomic E-state index is 13.0. The summed E-state index contributed by atoms with van der Waals surface area (Å²) in [5.41, 5.74) is 3.79. The normalized spacial score (nSPS) is 15.0. The maximum Gasteiger partial charge on any atom is 0.272 e. The first-order valence-corrected chi connectivity index (χ1v) is 9.55. The number of para-hydroxylation sites is 1. The molecule has 1 amide bonds. The van der Waals surface area contributed by atoms with Gasteiger partial charge in [-0.2, -0.15) is 5.10 Å². The highest BCUT2D eigenvalue weighted by Crippen LogP contribution is 2.18. The van der Waals surface area contributed by atoms with E-state index < -0.39 is 0 Å². The van der Waals surface area contributed by atoms with E-state index in [-0.39, 0.29) is 11.7 Å². The lowest BCUT2D eigenvalue weighted by molar-refractivity contribution is 0.0954. The van der Waals surface area contributed by atoms with Gasteiger partial charge in [0.05, 0.1) is 5.52 Å². The molecule has 0 spiro atoms. The average Bonchev–Trinajstić information content (AvgIpc) is 3.15. The monoisotopic (exact) mass is 378 g/mol. The van der Waals surface area contributed by atoms with E-state index in [0.717, 1.165) is 48.9 Å². The van der Waals surface area contributed by atoms with E-state index in [4.69, 9.17) is 0 Å². The van der Waals surface area contributed by atoms with Crippen molar-refractivity contribution < 1.29 is 9.18 Å². The number of halogens is 1. The van der Waals surface area contributed by atoms with Crippen LogP contribution in [0.2, 0.25) is 0 Å². The summed E-state index contributed by atoms with van der Waals surface area (Å²) in [4.78, 5) is 14.8. The average molecular weight is 378 g/mol. The Labute approximate surface area is 163 Å². The van der Waals surface area contributed by atoms with Crippen molar-refractivity contribution >= 4 is 16.8 Å². The van der Waals surface area contributed by atoms with Gasteiger partial charge in [-0.25, -0.2) is 4.39 Å². The number of benzene rings is 2. The Morgan fingerprint density at radius 1 is 1.14 bits per heavy atom. The highest BCUT2D eigenvalue weighted by atomic mass is 19.1. The second-order valence-electron chi connectivity index (χ2n) is 7.09. The lowest BCUT2D eigenvalue weighted by Gasteiger charge is -2.28. The lowest BCUT2D eigenvalue weighted by Crippen LogP contribution is -2.31. The van der Waals surface area contributed by atoms with Gasteiger partial charge in [0.1, 0.15) is 5.82 Å². The van der Waals surface area contributed by atoms with Gasteiger partial charge in [0.15, 0.2) is 5.69 Å². The minimum atomic E-state index is -0.197. The molecule has 0 atom stereocenters. The summed E-state index contributed by atoms with van der Waals surface area (Å²) in [7, 11) is 0. The standard InChI is InChI=1S/C22H23FN4O/c23-18-7-5-17(6-8-18)15-27-13-10-16(11-14-27)9-12-24-22(28)21-19-3-1-2-4-20(19)25-26-21/h1-9H,10-15H2,(H,24,28)(H,25,26). The van der Waals surface area contributed by atoms with E-state index in [9.17, 15) is 9.18 Å². The number of piperidine rings is 1. The molecular weight excluding hydrogens is 355 g/mol. The Morgan fingerprint density at radius 3 is 2.68 bits per heavy atom. The van der Waals surface area contributed by atoms with Crippen LogP contribution in [-0.2, 0) is 6.54 Å². The molecule has 3 aromatic rings. The van der Waals surface area contributed by atoms with Crippen LogP contribution in [0.25, 0.3) is 10.9 Å². The fraction of sp³-hybridized carbons (Fsp3) is 0.273. The second kappa shape index (κ2) is 8.35. The van der Waals surface area contributed by atoms with E-state index in [1.807, 2.05) is 36.4 Å². The number of fused-ring (bicyclic) bond motifs is 1. The first-order chi connectivity index (χ1) is 13.7. The molecule has 1 aliphatic rings. The molecule has 144 valence electrons. The molecule has 0 unspecified atom stereocenters. The molecule has 0 saturated carbocycles. The number of carbonyl (C=O) groups is 1. The number of likely N-dealkylation sites (tertiary alicyclic amines) is 1. The van der Waals surface area contributed by atoms with Gasteiger partial charge in [-0.15, -0.1) is 0 Å². The molecule has 5 nitrogen and oxygen atoms in total. The van der Waals surface area contributed by atoms with Gasteiger partial charge in [0.25, 0.3) is 5.91 Å². The quantitative estimate of drug-likeness (QED) is 0.666. The fourth-order valence-electron chi connectivity index (χ4n) is 3.56. The Kier molecular flexibility index (Phi) is 5.48. The number of nitrogens with zero attached hydrogens (tertiary/aromatic N) is 2. The number of H-pyrrole nitrogens is 1. The van der Waals surface area contributed by atoms with Crippen molar-refractivity contribution in [3.8, 4) is 0 Å². The van der Waals surface area contributed by atoms with Crippen LogP contribution in [0.5, 0.6) is 0 Å². The summed E-state index contributed by atoms with van der Waals surface area (Å²) in [6.45, 7) is 3.30. The third kappa shape index (κ3) is 4.28. The molecule has 0 aliphatic carbocycles. The molecule has 4 rings (SSSR count). The molecule has 0 radical (unpaired) electrons. The molecule has 1 aromatic heterocycles. The van der Waals surface area contributed by atoms with Crippen LogP contribution >= 0.6 is 0 Å². The van der Waals surface area contributed by atoms with Crippen LogP contribution < -0.4 is 5.32 Å². The number of nitrogens with one attached hydrogen (secondary N) is 2. The fourth-order valence-corrected chi connectivity index (χ4v) is 3.56. The van der Waals surface area contributed by atoms with Gasteiger partial charge >= 0.3 is 0 Å². The number of hydrogen-bond acceptors (Lipinski definition) is 3. The molecule has 28 heavy (non-hydrogen) atoms.